The van der Waals surface area contributed by atoms with E-state index in [1.165, 1.54) is 0 Å². The second-order valence-electron chi connectivity index (χ2n) is 2.84. The second-order valence-corrected chi connectivity index (χ2v) is 2.84. The number of aliphatic hydroxyl groups is 2. The van der Waals surface area contributed by atoms with E-state index in [1.807, 2.05) is 0 Å². The minimum Gasteiger partial charge on any atom is -0.597 e. The minimum absolute atomic E-state index is 0.482. The fourth-order valence-electron chi connectivity index (χ4n) is 1.35. The molecule has 1 rings (SSSR count). The zero-order valence-electron chi connectivity index (χ0n) is 6.37. The summed E-state index contributed by atoms with van der Waals surface area (Å²) in [6.07, 6.45) is 0. The van der Waals surface area contributed by atoms with Crippen LogP contribution < -0.4 is 0 Å². The molecule has 7 nitrogen and oxygen atoms in total. The van der Waals surface area contributed by atoms with E-state index in [0.29, 0.717) is 5.06 Å². The van der Waals surface area contributed by atoms with E-state index in [0.717, 1.165) is 0 Å². The molecule has 72 valence electrons. The Morgan fingerprint density at radius 2 is 2.00 bits per heavy atom. The van der Waals surface area contributed by atoms with Crippen molar-refractivity contribution < 1.29 is 25.4 Å². The topological polar surface area (TPSA) is 107 Å². The van der Waals surface area contributed by atoms with Crippen LogP contribution in [0.1, 0.15) is 0 Å². The zero-order valence-corrected chi connectivity index (χ0v) is 6.37. The van der Waals surface area contributed by atoms with Gasteiger partial charge in [0.25, 0.3) is 0 Å². The molecule has 0 saturated carbocycles. The van der Waals surface area contributed by atoms with Gasteiger partial charge in [0.05, 0.1) is 6.61 Å². The molecule has 0 aromatic carbocycles. The first-order chi connectivity index (χ1) is 5.53. The number of nitrogens with zero attached hydrogens (tertiary/aromatic N) is 2. The summed E-state index contributed by atoms with van der Waals surface area (Å²) in [4.78, 5) is -1.74. The molecular formula is C5H12N2O5. The van der Waals surface area contributed by atoms with Gasteiger partial charge in [-0.3, -0.25) is 0 Å². The molecule has 7 heteroatoms. The highest BCUT2D eigenvalue weighted by molar-refractivity contribution is 4.78. The third kappa shape index (κ3) is 1.43. The summed E-state index contributed by atoms with van der Waals surface area (Å²) in [5.41, 5.74) is 0. The molecule has 1 aliphatic heterocycles. The zero-order chi connectivity index (χ0) is 9.35. The van der Waals surface area contributed by atoms with Crippen LogP contribution in [-0.2, 0) is 0 Å². The fourth-order valence-corrected chi connectivity index (χ4v) is 1.35. The van der Waals surface area contributed by atoms with E-state index < -0.39 is 36.8 Å². The van der Waals surface area contributed by atoms with Gasteiger partial charge in [0, 0.05) is 0 Å². The lowest BCUT2D eigenvalue weighted by atomic mass is 10.1. The first-order valence-electron chi connectivity index (χ1n) is 3.51. The average Bonchev–Trinajstić information content (AvgIpc) is 2.18. The molecule has 4 N–H and O–H groups in total. The Morgan fingerprint density at radius 1 is 1.42 bits per heavy atom. The summed E-state index contributed by atoms with van der Waals surface area (Å²) in [5, 5.41) is 47.0. The Balaban J connectivity index is 2.76. The van der Waals surface area contributed by atoms with Gasteiger partial charge in [-0.05, 0) is 0 Å². The van der Waals surface area contributed by atoms with Gasteiger partial charge in [0.1, 0.15) is 12.6 Å². The third-order valence-corrected chi connectivity index (χ3v) is 2.07. The van der Waals surface area contributed by atoms with Crippen LogP contribution in [0.3, 0.4) is 0 Å². The lowest BCUT2D eigenvalue weighted by molar-refractivity contribution is -1.08. The monoisotopic (exact) mass is 180 g/mol. The van der Waals surface area contributed by atoms with Crippen LogP contribution >= 0.6 is 0 Å². The Labute approximate surface area is 68.8 Å². The number of hydrogen-bond donors (Lipinski definition) is 4. The van der Waals surface area contributed by atoms with Crippen molar-refractivity contribution in [2.75, 3.05) is 19.9 Å². The van der Waals surface area contributed by atoms with E-state index in [2.05, 4.69) is 0 Å². The molecule has 3 unspecified atom stereocenters. The lowest BCUT2D eigenvalue weighted by Gasteiger charge is -2.33. The molecule has 1 heterocycles. The van der Waals surface area contributed by atoms with Gasteiger partial charge < -0.3 is 20.6 Å². The maximum Gasteiger partial charge on any atom is 0.187 e. The van der Waals surface area contributed by atoms with E-state index in [1.54, 1.807) is 0 Å². The summed E-state index contributed by atoms with van der Waals surface area (Å²) < 4.78 is 0. The van der Waals surface area contributed by atoms with Crippen LogP contribution in [0.4, 0.5) is 0 Å². The molecule has 0 amide bonds. The summed E-state index contributed by atoms with van der Waals surface area (Å²) in [5.74, 6) is 0. The lowest BCUT2D eigenvalue weighted by Crippen LogP contribution is -2.49. The fraction of sp³-hybridized carbons (Fsp3) is 1.00. The van der Waals surface area contributed by atoms with Crippen molar-refractivity contribution in [1.82, 2.24) is 5.06 Å². The van der Waals surface area contributed by atoms with Crippen molar-refractivity contribution in [1.29, 1.82) is 0 Å². The molecule has 1 aliphatic rings. The SMILES string of the molecule is [O-][N+]1(O)CN(O)C(CO)C1CO. The van der Waals surface area contributed by atoms with Crippen LogP contribution in [0, 0.1) is 5.21 Å². The minimum atomic E-state index is -1.74. The highest BCUT2D eigenvalue weighted by Crippen LogP contribution is 2.23. The molecule has 0 aromatic heterocycles. The molecule has 1 saturated heterocycles. The number of rotatable bonds is 2. The van der Waals surface area contributed by atoms with Crippen molar-refractivity contribution in [2.45, 2.75) is 12.1 Å². The second kappa shape index (κ2) is 3.23. The van der Waals surface area contributed by atoms with Gasteiger partial charge in [0.2, 0.25) is 0 Å². The maximum atomic E-state index is 11.1. The predicted octanol–water partition coefficient (Wildman–Crippen LogP) is -1.93. The van der Waals surface area contributed by atoms with Gasteiger partial charge in [-0.1, -0.05) is 0 Å². The molecule has 0 radical (unpaired) electrons. The van der Waals surface area contributed by atoms with E-state index >= 15 is 0 Å². The van der Waals surface area contributed by atoms with Crippen LogP contribution in [-0.4, -0.2) is 62.5 Å². The quantitative estimate of drug-likeness (QED) is 0.291. The number of hydroxylamine groups is 6. The van der Waals surface area contributed by atoms with Gasteiger partial charge in [-0.25, -0.2) is 5.21 Å². The van der Waals surface area contributed by atoms with Gasteiger partial charge >= 0.3 is 0 Å². The van der Waals surface area contributed by atoms with Crippen molar-refractivity contribution in [3.8, 4) is 0 Å². The van der Waals surface area contributed by atoms with Gasteiger partial charge in [0.15, 0.2) is 12.7 Å². The first kappa shape index (κ1) is 9.81. The Kier molecular flexibility index (Phi) is 2.64. The number of aliphatic hydroxyl groups excluding tert-OH is 2. The normalized spacial score (nSPS) is 43.8. The Hall–Kier alpha value is -0.280. The Bertz CT molecular complexity index is 164. The van der Waals surface area contributed by atoms with Crippen LogP contribution in [0.2, 0.25) is 0 Å². The summed E-state index contributed by atoms with van der Waals surface area (Å²) in [6, 6.07) is -2.02. The highest BCUT2D eigenvalue weighted by Gasteiger charge is 2.47. The molecule has 0 aliphatic carbocycles. The molecular weight excluding hydrogens is 168 g/mol. The number of hydrogen-bond acceptors (Lipinski definition) is 6. The van der Waals surface area contributed by atoms with Crippen LogP contribution in [0.15, 0.2) is 0 Å². The number of quaternary nitrogens is 1. The summed E-state index contributed by atoms with van der Waals surface area (Å²) in [6.45, 7) is -1.62. The third-order valence-electron chi connectivity index (χ3n) is 2.07. The standard InChI is InChI=1S/C5H12N2O5/c8-1-4-5(2-9)7(11,12)3-6(4)10/h4-5,8-11H,1-3H2. The molecule has 1 fully saturated rings. The predicted molar refractivity (Wildman–Crippen MR) is 35.7 cm³/mol. The van der Waals surface area contributed by atoms with Crippen molar-refractivity contribution >= 4 is 0 Å². The van der Waals surface area contributed by atoms with Crippen molar-refractivity contribution in [3.63, 3.8) is 0 Å². The van der Waals surface area contributed by atoms with Crippen molar-refractivity contribution in [2.24, 2.45) is 0 Å². The van der Waals surface area contributed by atoms with E-state index in [9.17, 15) is 5.21 Å². The van der Waals surface area contributed by atoms with Gasteiger partial charge in [-0.15, -0.1) is 5.06 Å². The molecule has 3 atom stereocenters. The molecule has 0 aromatic rings. The Morgan fingerprint density at radius 3 is 2.33 bits per heavy atom. The molecule has 0 bridgehead atoms. The smallest absolute Gasteiger partial charge is 0.187 e. The largest absolute Gasteiger partial charge is 0.597 e. The van der Waals surface area contributed by atoms with Gasteiger partial charge in [-0.2, -0.15) is 4.81 Å². The van der Waals surface area contributed by atoms with Crippen molar-refractivity contribution in [3.05, 3.63) is 5.21 Å². The highest BCUT2D eigenvalue weighted by atomic mass is 16.9. The van der Waals surface area contributed by atoms with Crippen LogP contribution in [0.25, 0.3) is 0 Å². The summed E-state index contributed by atoms with van der Waals surface area (Å²) in [7, 11) is 0. The van der Waals surface area contributed by atoms with E-state index in [-0.39, 0.29) is 0 Å². The molecule has 0 spiro atoms. The van der Waals surface area contributed by atoms with E-state index in [4.69, 9.17) is 20.6 Å². The molecule has 12 heavy (non-hydrogen) atoms. The average molecular weight is 180 g/mol. The van der Waals surface area contributed by atoms with Crippen LogP contribution in [0.5, 0.6) is 0 Å². The first-order valence-corrected chi connectivity index (χ1v) is 3.51. The maximum absolute atomic E-state index is 11.1. The summed E-state index contributed by atoms with van der Waals surface area (Å²) >= 11 is 0.